The molecule has 2 N–H and O–H groups in total. The van der Waals surface area contributed by atoms with Gasteiger partial charge in [-0.25, -0.2) is 4.79 Å². The first kappa shape index (κ1) is 19.2. The van der Waals surface area contributed by atoms with E-state index < -0.39 is 11.9 Å². The van der Waals surface area contributed by atoms with Gasteiger partial charge in [0.15, 0.2) is 0 Å². The normalized spacial score (nSPS) is 10.9. The van der Waals surface area contributed by atoms with Crippen LogP contribution >= 0.6 is 34.5 Å². The number of benzene rings is 2. The third-order valence-electron chi connectivity index (χ3n) is 3.69. The lowest BCUT2D eigenvalue weighted by Gasteiger charge is -2.05. The third-order valence-corrected chi connectivity index (χ3v) is 5.31. The molecular weight excluding hydrogens is 405 g/mol. The Morgan fingerprint density at radius 3 is 2.41 bits per heavy atom. The molecule has 0 bridgehead atoms. The van der Waals surface area contributed by atoms with Crippen LogP contribution in [0.15, 0.2) is 60.0 Å². The second-order valence-electron chi connectivity index (χ2n) is 5.51. The lowest BCUT2D eigenvalue weighted by atomic mass is 10.1. The average molecular weight is 418 g/mol. The van der Waals surface area contributed by atoms with Crippen LogP contribution in [-0.4, -0.2) is 17.0 Å². The minimum Gasteiger partial charge on any atom is -0.478 e. The van der Waals surface area contributed by atoms with E-state index in [9.17, 15) is 14.7 Å². The van der Waals surface area contributed by atoms with Gasteiger partial charge in [0.25, 0.3) is 0 Å². The maximum atomic E-state index is 12.2. The van der Waals surface area contributed by atoms with Crippen LogP contribution in [0.25, 0.3) is 16.5 Å². The van der Waals surface area contributed by atoms with Crippen molar-refractivity contribution < 1.29 is 14.7 Å². The quantitative estimate of drug-likeness (QED) is 0.494. The highest BCUT2D eigenvalue weighted by Gasteiger charge is 2.20. The van der Waals surface area contributed by atoms with Gasteiger partial charge < -0.3 is 10.4 Å². The Balaban J connectivity index is 1.85. The standard InChI is InChI=1S/C20H13Cl2NO3S/c21-14-8-5-13(6-9-14)19-18(20(25)26)16(11-27-19)23-17(24)10-7-12-3-1-2-4-15(12)22/h1-11H,(H,23,24)(H,25,26). The molecule has 27 heavy (non-hydrogen) atoms. The number of carboxylic acid groups (broad SMARTS) is 1. The summed E-state index contributed by atoms with van der Waals surface area (Å²) in [7, 11) is 0. The third kappa shape index (κ3) is 4.57. The molecule has 0 radical (unpaired) electrons. The topological polar surface area (TPSA) is 66.4 Å². The molecule has 0 aliphatic rings. The minimum absolute atomic E-state index is 0.0433. The first-order valence-corrected chi connectivity index (χ1v) is 9.43. The summed E-state index contributed by atoms with van der Waals surface area (Å²) in [6.45, 7) is 0. The summed E-state index contributed by atoms with van der Waals surface area (Å²) in [6.07, 6.45) is 2.89. The molecule has 3 rings (SSSR count). The zero-order valence-corrected chi connectivity index (χ0v) is 16.1. The Labute approximate surface area is 169 Å². The second-order valence-corrected chi connectivity index (χ2v) is 7.23. The van der Waals surface area contributed by atoms with Crippen LogP contribution in [0.2, 0.25) is 10.0 Å². The Morgan fingerprint density at radius 1 is 1.04 bits per heavy atom. The molecule has 4 nitrogen and oxygen atoms in total. The predicted octanol–water partition coefficient (Wildman–Crippen LogP) is 6.07. The Hall–Kier alpha value is -2.60. The number of aromatic carboxylic acids is 1. The molecule has 1 aromatic heterocycles. The fourth-order valence-electron chi connectivity index (χ4n) is 2.43. The van der Waals surface area contributed by atoms with Crippen LogP contribution in [0, 0.1) is 0 Å². The van der Waals surface area contributed by atoms with Crippen molar-refractivity contribution in [2.24, 2.45) is 0 Å². The van der Waals surface area contributed by atoms with Crippen LogP contribution in [-0.2, 0) is 4.79 Å². The van der Waals surface area contributed by atoms with E-state index in [1.165, 1.54) is 17.4 Å². The van der Waals surface area contributed by atoms with Crippen LogP contribution < -0.4 is 5.32 Å². The van der Waals surface area contributed by atoms with Crippen molar-refractivity contribution in [1.29, 1.82) is 0 Å². The monoisotopic (exact) mass is 417 g/mol. The summed E-state index contributed by atoms with van der Waals surface area (Å²) < 4.78 is 0. The fraction of sp³-hybridized carbons (Fsp3) is 0. The number of anilines is 1. The highest BCUT2D eigenvalue weighted by atomic mass is 35.5. The van der Waals surface area contributed by atoms with Crippen LogP contribution in [0.1, 0.15) is 15.9 Å². The molecule has 0 aliphatic heterocycles. The van der Waals surface area contributed by atoms with E-state index in [1.54, 1.807) is 53.9 Å². The highest BCUT2D eigenvalue weighted by Crippen LogP contribution is 2.36. The molecule has 3 aromatic rings. The van der Waals surface area contributed by atoms with E-state index in [4.69, 9.17) is 23.2 Å². The summed E-state index contributed by atoms with van der Waals surface area (Å²) in [5.74, 6) is -1.57. The number of hydrogen-bond acceptors (Lipinski definition) is 3. The lowest BCUT2D eigenvalue weighted by Crippen LogP contribution is -2.11. The van der Waals surface area contributed by atoms with E-state index in [0.717, 1.165) is 0 Å². The Bertz CT molecular complexity index is 1030. The highest BCUT2D eigenvalue weighted by molar-refractivity contribution is 7.14. The average Bonchev–Trinajstić information content (AvgIpc) is 3.05. The van der Waals surface area contributed by atoms with Crippen molar-refractivity contribution in [3.8, 4) is 10.4 Å². The van der Waals surface area contributed by atoms with Crippen molar-refractivity contribution in [1.82, 2.24) is 0 Å². The van der Waals surface area contributed by atoms with Crippen LogP contribution in [0.3, 0.4) is 0 Å². The zero-order valence-electron chi connectivity index (χ0n) is 13.8. The fourth-order valence-corrected chi connectivity index (χ4v) is 3.75. The summed E-state index contributed by atoms with van der Waals surface area (Å²) in [4.78, 5) is 24.5. The predicted molar refractivity (Wildman–Crippen MR) is 111 cm³/mol. The number of carbonyl (C=O) groups excluding carboxylic acids is 1. The van der Waals surface area contributed by atoms with E-state index in [-0.39, 0.29) is 11.3 Å². The zero-order chi connectivity index (χ0) is 19.4. The number of carboxylic acids is 1. The summed E-state index contributed by atoms with van der Waals surface area (Å²) in [5.41, 5.74) is 1.70. The van der Waals surface area contributed by atoms with Gasteiger partial charge in [0, 0.05) is 21.5 Å². The van der Waals surface area contributed by atoms with Crippen molar-refractivity contribution in [2.75, 3.05) is 5.32 Å². The first-order chi connectivity index (χ1) is 13.0. The smallest absolute Gasteiger partial charge is 0.339 e. The van der Waals surface area contributed by atoms with Gasteiger partial charge in [-0.3, -0.25) is 4.79 Å². The van der Waals surface area contributed by atoms with Crippen molar-refractivity contribution in [3.63, 3.8) is 0 Å². The van der Waals surface area contributed by atoms with Gasteiger partial charge in [-0.15, -0.1) is 11.3 Å². The number of carbonyl (C=O) groups is 2. The van der Waals surface area contributed by atoms with Crippen LogP contribution in [0.5, 0.6) is 0 Å². The van der Waals surface area contributed by atoms with Crippen LogP contribution in [0.4, 0.5) is 5.69 Å². The molecular formula is C20H13Cl2NO3S. The van der Waals surface area contributed by atoms with Gasteiger partial charge in [0.1, 0.15) is 5.56 Å². The van der Waals surface area contributed by atoms with Crippen molar-refractivity contribution in [3.05, 3.63) is 81.2 Å². The Morgan fingerprint density at radius 2 is 1.74 bits per heavy atom. The molecule has 0 fully saturated rings. The van der Waals surface area contributed by atoms with Gasteiger partial charge in [0.05, 0.1) is 10.6 Å². The molecule has 0 unspecified atom stereocenters. The molecule has 0 atom stereocenters. The number of nitrogens with one attached hydrogen (secondary N) is 1. The number of rotatable bonds is 5. The molecule has 1 heterocycles. The molecule has 1 amide bonds. The van der Waals surface area contributed by atoms with E-state index in [2.05, 4.69) is 5.32 Å². The van der Waals surface area contributed by atoms with Gasteiger partial charge in [-0.1, -0.05) is 53.5 Å². The van der Waals surface area contributed by atoms with Gasteiger partial charge in [-0.05, 0) is 35.4 Å². The first-order valence-electron chi connectivity index (χ1n) is 7.80. The molecule has 136 valence electrons. The number of amides is 1. The lowest BCUT2D eigenvalue weighted by molar-refractivity contribution is -0.111. The summed E-state index contributed by atoms with van der Waals surface area (Å²) in [5, 5.41) is 14.9. The molecule has 0 spiro atoms. The van der Waals surface area contributed by atoms with E-state index in [1.807, 2.05) is 6.07 Å². The number of hydrogen-bond donors (Lipinski definition) is 2. The van der Waals surface area contributed by atoms with Gasteiger partial charge in [-0.2, -0.15) is 0 Å². The van der Waals surface area contributed by atoms with Crippen molar-refractivity contribution in [2.45, 2.75) is 0 Å². The second kappa shape index (κ2) is 8.39. The van der Waals surface area contributed by atoms with E-state index in [0.29, 0.717) is 26.0 Å². The molecule has 2 aromatic carbocycles. The summed E-state index contributed by atoms with van der Waals surface area (Å²) in [6, 6.07) is 14.0. The van der Waals surface area contributed by atoms with Gasteiger partial charge >= 0.3 is 5.97 Å². The number of thiophene rings is 1. The minimum atomic E-state index is -1.12. The maximum Gasteiger partial charge on any atom is 0.339 e. The largest absolute Gasteiger partial charge is 0.478 e. The van der Waals surface area contributed by atoms with E-state index >= 15 is 0 Å². The SMILES string of the molecule is O=C(C=Cc1ccccc1Cl)Nc1csc(-c2ccc(Cl)cc2)c1C(=O)O. The molecule has 0 saturated carbocycles. The van der Waals surface area contributed by atoms with Gasteiger partial charge in [0.2, 0.25) is 5.91 Å². The molecule has 0 saturated heterocycles. The Kier molecular flexibility index (Phi) is 5.96. The molecule has 0 aliphatic carbocycles. The molecule has 7 heteroatoms. The maximum absolute atomic E-state index is 12.2. The number of halogens is 2. The van der Waals surface area contributed by atoms with Crippen molar-refractivity contribution >= 4 is 58.2 Å². The summed E-state index contributed by atoms with van der Waals surface area (Å²) >= 11 is 13.2.